The maximum absolute atomic E-state index is 11.8. The van der Waals surface area contributed by atoms with E-state index in [4.69, 9.17) is 16.0 Å². The molecule has 1 saturated heterocycles. The molecule has 1 aromatic heterocycles. The van der Waals surface area contributed by atoms with Gasteiger partial charge in [-0.25, -0.2) is 0 Å². The van der Waals surface area contributed by atoms with E-state index in [0.717, 1.165) is 16.7 Å². The van der Waals surface area contributed by atoms with Gasteiger partial charge in [0, 0.05) is 13.1 Å². The van der Waals surface area contributed by atoms with Crippen LogP contribution in [0.25, 0.3) is 0 Å². The SMILES string of the molecule is CC(Cl)c1ccc(C(=O)NCCN2C(=O)CSC2=O)o1. The highest BCUT2D eigenvalue weighted by molar-refractivity contribution is 8.14. The summed E-state index contributed by atoms with van der Waals surface area (Å²) >= 11 is 6.80. The average molecular weight is 317 g/mol. The van der Waals surface area contributed by atoms with E-state index in [0.29, 0.717) is 5.76 Å². The Hall–Kier alpha value is -1.47. The van der Waals surface area contributed by atoms with Crippen LogP contribution < -0.4 is 5.32 Å². The third-order valence-corrected chi connectivity index (χ3v) is 3.78. The maximum Gasteiger partial charge on any atom is 0.288 e. The van der Waals surface area contributed by atoms with Crippen molar-refractivity contribution in [2.45, 2.75) is 12.3 Å². The standard InChI is InChI=1S/C12H13ClN2O4S/c1-7(13)8-2-3-9(19-8)11(17)14-4-5-15-10(16)6-20-12(15)18/h2-3,7H,4-6H2,1H3,(H,14,17). The predicted molar refractivity (Wildman–Crippen MR) is 74.9 cm³/mol. The number of rotatable bonds is 5. The summed E-state index contributed by atoms with van der Waals surface area (Å²) in [6.45, 7) is 2.09. The Morgan fingerprint density at radius 3 is 2.85 bits per heavy atom. The second-order valence-corrected chi connectivity index (χ2v) is 5.76. The minimum atomic E-state index is -0.402. The van der Waals surface area contributed by atoms with Crippen LogP contribution in [-0.2, 0) is 4.79 Å². The molecular weight excluding hydrogens is 304 g/mol. The molecule has 108 valence electrons. The van der Waals surface area contributed by atoms with Crippen LogP contribution in [-0.4, -0.2) is 40.8 Å². The summed E-state index contributed by atoms with van der Waals surface area (Å²) in [7, 11) is 0. The summed E-state index contributed by atoms with van der Waals surface area (Å²) in [6.07, 6.45) is 0. The zero-order valence-corrected chi connectivity index (χ0v) is 12.3. The molecule has 1 N–H and O–H groups in total. The van der Waals surface area contributed by atoms with E-state index in [9.17, 15) is 14.4 Å². The first-order valence-corrected chi connectivity index (χ1v) is 7.40. The fourth-order valence-electron chi connectivity index (χ4n) is 1.65. The summed E-state index contributed by atoms with van der Waals surface area (Å²) in [4.78, 5) is 35.6. The Balaban J connectivity index is 1.83. The predicted octanol–water partition coefficient (Wildman–Crippen LogP) is 2.00. The molecule has 0 bridgehead atoms. The summed E-state index contributed by atoms with van der Waals surface area (Å²) < 4.78 is 5.28. The lowest BCUT2D eigenvalue weighted by Gasteiger charge is -2.12. The van der Waals surface area contributed by atoms with E-state index >= 15 is 0 Å². The average Bonchev–Trinajstić information content (AvgIpc) is 3.00. The number of carbonyl (C=O) groups is 3. The van der Waals surface area contributed by atoms with Crippen LogP contribution >= 0.6 is 23.4 Å². The Kier molecular flexibility index (Phi) is 4.72. The van der Waals surface area contributed by atoms with E-state index < -0.39 is 5.91 Å². The van der Waals surface area contributed by atoms with E-state index in [1.54, 1.807) is 13.0 Å². The van der Waals surface area contributed by atoms with Crippen molar-refractivity contribution in [3.63, 3.8) is 0 Å². The highest BCUT2D eigenvalue weighted by atomic mass is 35.5. The number of imide groups is 1. The molecule has 1 aliphatic heterocycles. The fraction of sp³-hybridized carbons (Fsp3) is 0.417. The Morgan fingerprint density at radius 1 is 1.55 bits per heavy atom. The Labute approximate surface area is 124 Å². The minimum Gasteiger partial charge on any atom is -0.454 e. The van der Waals surface area contributed by atoms with Gasteiger partial charge in [0.2, 0.25) is 5.91 Å². The fourth-order valence-corrected chi connectivity index (χ4v) is 2.52. The number of nitrogens with zero attached hydrogens (tertiary/aromatic N) is 1. The minimum absolute atomic E-state index is 0.154. The summed E-state index contributed by atoms with van der Waals surface area (Å²) in [5.74, 6) is 0.201. The normalized spacial score (nSPS) is 16.6. The van der Waals surface area contributed by atoms with Crippen molar-refractivity contribution in [1.29, 1.82) is 0 Å². The van der Waals surface area contributed by atoms with Crippen molar-refractivity contribution in [3.8, 4) is 0 Å². The van der Waals surface area contributed by atoms with Gasteiger partial charge in [0.15, 0.2) is 5.76 Å². The van der Waals surface area contributed by atoms with Gasteiger partial charge >= 0.3 is 0 Å². The lowest BCUT2D eigenvalue weighted by atomic mass is 10.3. The van der Waals surface area contributed by atoms with Crippen LogP contribution in [0, 0.1) is 0 Å². The van der Waals surface area contributed by atoms with Crippen molar-refractivity contribution in [1.82, 2.24) is 10.2 Å². The van der Waals surface area contributed by atoms with Crippen LogP contribution in [0.5, 0.6) is 0 Å². The molecule has 2 heterocycles. The highest BCUT2D eigenvalue weighted by Gasteiger charge is 2.29. The van der Waals surface area contributed by atoms with Crippen molar-refractivity contribution < 1.29 is 18.8 Å². The lowest BCUT2D eigenvalue weighted by Crippen LogP contribution is -2.37. The molecule has 8 heteroatoms. The molecule has 1 fully saturated rings. The van der Waals surface area contributed by atoms with Crippen molar-refractivity contribution in [2.24, 2.45) is 0 Å². The quantitative estimate of drug-likeness (QED) is 0.840. The number of hydrogen-bond donors (Lipinski definition) is 1. The molecule has 1 unspecified atom stereocenters. The first-order valence-electron chi connectivity index (χ1n) is 5.98. The van der Waals surface area contributed by atoms with Gasteiger partial charge in [0.1, 0.15) is 5.76 Å². The molecule has 0 aromatic carbocycles. The van der Waals surface area contributed by atoms with Crippen LogP contribution in [0.4, 0.5) is 4.79 Å². The topological polar surface area (TPSA) is 79.6 Å². The second-order valence-electron chi connectivity index (χ2n) is 4.17. The first kappa shape index (κ1) is 14.9. The Morgan fingerprint density at radius 2 is 2.30 bits per heavy atom. The van der Waals surface area contributed by atoms with Gasteiger partial charge in [-0.15, -0.1) is 11.6 Å². The number of furan rings is 1. The molecular formula is C12H13ClN2O4S. The number of hydrogen-bond acceptors (Lipinski definition) is 5. The molecule has 3 amide bonds. The molecule has 0 aliphatic carbocycles. The van der Waals surface area contributed by atoms with Gasteiger partial charge in [-0.05, 0) is 19.1 Å². The molecule has 6 nitrogen and oxygen atoms in total. The first-order chi connectivity index (χ1) is 9.49. The number of thioether (sulfide) groups is 1. The highest BCUT2D eigenvalue weighted by Crippen LogP contribution is 2.21. The van der Waals surface area contributed by atoms with Gasteiger partial charge in [-0.3, -0.25) is 19.3 Å². The van der Waals surface area contributed by atoms with E-state index in [-0.39, 0.29) is 41.1 Å². The molecule has 1 aliphatic rings. The summed E-state index contributed by atoms with van der Waals surface area (Å²) in [5, 5.41) is 2.00. The monoisotopic (exact) mass is 316 g/mol. The molecule has 0 spiro atoms. The largest absolute Gasteiger partial charge is 0.454 e. The maximum atomic E-state index is 11.8. The molecule has 1 atom stereocenters. The number of nitrogens with one attached hydrogen (secondary N) is 1. The van der Waals surface area contributed by atoms with Crippen molar-refractivity contribution in [2.75, 3.05) is 18.8 Å². The van der Waals surface area contributed by atoms with Crippen LogP contribution in [0.15, 0.2) is 16.5 Å². The number of halogens is 1. The van der Waals surface area contributed by atoms with Crippen LogP contribution in [0.2, 0.25) is 0 Å². The molecule has 1 aromatic rings. The summed E-state index contributed by atoms with van der Waals surface area (Å²) in [6, 6.07) is 3.17. The molecule has 0 saturated carbocycles. The molecule has 0 radical (unpaired) electrons. The molecule has 2 rings (SSSR count). The van der Waals surface area contributed by atoms with Crippen LogP contribution in [0.3, 0.4) is 0 Å². The molecule has 20 heavy (non-hydrogen) atoms. The summed E-state index contributed by atoms with van der Waals surface area (Å²) in [5.41, 5.74) is 0. The van der Waals surface area contributed by atoms with E-state index in [2.05, 4.69) is 5.32 Å². The number of amides is 3. The van der Waals surface area contributed by atoms with Gasteiger partial charge in [0.25, 0.3) is 11.1 Å². The van der Waals surface area contributed by atoms with E-state index in [1.807, 2.05) is 0 Å². The second kappa shape index (κ2) is 6.32. The van der Waals surface area contributed by atoms with E-state index in [1.165, 1.54) is 6.07 Å². The van der Waals surface area contributed by atoms with Crippen LogP contribution in [0.1, 0.15) is 28.6 Å². The third kappa shape index (κ3) is 3.34. The zero-order chi connectivity index (χ0) is 14.7. The smallest absolute Gasteiger partial charge is 0.288 e. The third-order valence-electron chi connectivity index (χ3n) is 2.70. The van der Waals surface area contributed by atoms with Crippen molar-refractivity contribution >= 4 is 40.4 Å². The Bertz CT molecular complexity index is 527. The number of carbonyl (C=O) groups excluding carboxylic acids is 3. The van der Waals surface area contributed by atoms with Crippen molar-refractivity contribution in [3.05, 3.63) is 23.7 Å². The number of alkyl halides is 1. The lowest BCUT2D eigenvalue weighted by molar-refractivity contribution is -0.124. The van der Waals surface area contributed by atoms with Gasteiger partial charge in [0.05, 0.1) is 11.1 Å². The van der Waals surface area contributed by atoms with Gasteiger partial charge < -0.3 is 9.73 Å². The van der Waals surface area contributed by atoms with Gasteiger partial charge in [-0.1, -0.05) is 11.8 Å². The van der Waals surface area contributed by atoms with Gasteiger partial charge in [-0.2, -0.15) is 0 Å². The zero-order valence-electron chi connectivity index (χ0n) is 10.7.